The van der Waals surface area contributed by atoms with Gasteiger partial charge >= 0.3 is 0 Å². The summed E-state index contributed by atoms with van der Waals surface area (Å²) in [5, 5.41) is 3.86. The molecule has 0 fully saturated rings. The van der Waals surface area contributed by atoms with E-state index in [1.54, 1.807) is 18.2 Å². The van der Waals surface area contributed by atoms with Crippen LogP contribution in [0.2, 0.25) is 5.02 Å². The van der Waals surface area contributed by atoms with Gasteiger partial charge in [0.25, 0.3) is 0 Å². The number of methoxy groups -OCH3 is 1. The lowest BCUT2D eigenvalue weighted by atomic mass is 10.1. The Bertz CT molecular complexity index is 1250. The molecule has 0 aliphatic heterocycles. The second-order valence-electron chi connectivity index (χ2n) is 7.01. The molecule has 4 rings (SSSR count). The largest absolute Gasteiger partial charge is 0.495 e. The summed E-state index contributed by atoms with van der Waals surface area (Å²) in [5.74, 6) is -0.0379. The van der Waals surface area contributed by atoms with Gasteiger partial charge in [-0.05, 0) is 42.3 Å². The number of furan rings is 1. The Hall–Kier alpha value is -3.57. The number of ether oxygens (including phenoxy) is 1. The van der Waals surface area contributed by atoms with Crippen LogP contribution < -0.4 is 10.1 Å². The van der Waals surface area contributed by atoms with Gasteiger partial charge in [-0.3, -0.25) is 9.59 Å². The topological polar surface area (TPSA) is 68.5 Å². The highest BCUT2D eigenvalue weighted by Gasteiger charge is 2.24. The van der Waals surface area contributed by atoms with Gasteiger partial charge in [0.1, 0.15) is 11.3 Å². The number of carbonyl (C=O) groups is 2. The molecule has 31 heavy (non-hydrogen) atoms. The van der Waals surface area contributed by atoms with Crippen molar-refractivity contribution in [1.29, 1.82) is 0 Å². The molecule has 1 heterocycles. The molecule has 0 saturated heterocycles. The van der Waals surface area contributed by atoms with Crippen LogP contribution in [0.4, 0.5) is 5.69 Å². The lowest BCUT2D eigenvalue weighted by Gasteiger charge is -2.08. The standard InChI is InChI=1S/C25H20ClNO4/c1-30-21-13-12-17(15-19(21)26)24(29)25-23(18-9-5-6-10-20(18)31-25)27-22(28)14-11-16-7-3-2-4-8-16/h2-10,12-13,15H,11,14H2,1H3,(H,27,28). The van der Waals surface area contributed by atoms with Crippen LogP contribution in [0.5, 0.6) is 5.75 Å². The van der Waals surface area contributed by atoms with Crippen LogP contribution in [-0.4, -0.2) is 18.8 Å². The summed E-state index contributed by atoms with van der Waals surface area (Å²) in [6, 6.07) is 21.7. The first kappa shape index (κ1) is 20.7. The summed E-state index contributed by atoms with van der Waals surface area (Å²) in [7, 11) is 1.50. The number of anilines is 1. The third kappa shape index (κ3) is 4.47. The lowest BCUT2D eigenvalue weighted by molar-refractivity contribution is -0.116. The highest BCUT2D eigenvalue weighted by atomic mass is 35.5. The van der Waals surface area contributed by atoms with Crippen molar-refractivity contribution in [3.8, 4) is 5.75 Å². The third-order valence-electron chi connectivity index (χ3n) is 4.96. The Morgan fingerprint density at radius 1 is 1.00 bits per heavy atom. The number of amides is 1. The minimum absolute atomic E-state index is 0.0653. The third-order valence-corrected chi connectivity index (χ3v) is 5.26. The van der Waals surface area contributed by atoms with Gasteiger partial charge in [-0.15, -0.1) is 0 Å². The average Bonchev–Trinajstić information content (AvgIpc) is 3.16. The van der Waals surface area contributed by atoms with Gasteiger partial charge in [-0.1, -0.05) is 54.1 Å². The van der Waals surface area contributed by atoms with Gasteiger partial charge in [0.2, 0.25) is 11.7 Å². The number of hydrogen-bond acceptors (Lipinski definition) is 4. The Balaban J connectivity index is 1.63. The van der Waals surface area contributed by atoms with E-state index in [0.29, 0.717) is 39.4 Å². The van der Waals surface area contributed by atoms with E-state index in [9.17, 15) is 9.59 Å². The summed E-state index contributed by atoms with van der Waals surface area (Å²) >= 11 is 6.19. The van der Waals surface area contributed by atoms with E-state index in [-0.39, 0.29) is 23.9 Å². The van der Waals surface area contributed by atoms with Gasteiger partial charge in [0.15, 0.2) is 5.76 Å². The van der Waals surface area contributed by atoms with Crippen molar-refractivity contribution in [3.63, 3.8) is 0 Å². The molecule has 3 aromatic carbocycles. The van der Waals surface area contributed by atoms with Gasteiger partial charge in [0.05, 0.1) is 17.8 Å². The van der Waals surface area contributed by atoms with Crippen LogP contribution >= 0.6 is 11.6 Å². The molecule has 156 valence electrons. The number of halogens is 1. The average molecular weight is 434 g/mol. The van der Waals surface area contributed by atoms with Gasteiger partial charge in [-0.25, -0.2) is 0 Å². The maximum absolute atomic E-state index is 13.2. The summed E-state index contributed by atoms with van der Waals surface area (Å²) in [6.45, 7) is 0. The lowest BCUT2D eigenvalue weighted by Crippen LogP contribution is -2.14. The summed E-state index contributed by atoms with van der Waals surface area (Å²) in [4.78, 5) is 25.9. The first-order valence-electron chi connectivity index (χ1n) is 9.80. The predicted molar refractivity (Wildman–Crippen MR) is 121 cm³/mol. The molecule has 0 atom stereocenters. The zero-order chi connectivity index (χ0) is 21.8. The van der Waals surface area contributed by atoms with Crippen LogP contribution in [0.1, 0.15) is 28.1 Å². The van der Waals surface area contributed by atoms with Gasteiger partial charge in [0, 0.05) is 17.4 Å². The van der Waals surface area contributed by atoms with E-state index in [0.717, 1.165) is 5.56 Å². The fourth-order valence-electron chi connectivity index (χ4n) is 3.37. The van der Waals surface area contributed by atoms with Crippen molar-refractivity contribution in [3.05, 3.63) is 94.7 Å². The van der Waals surface area contributed by atoms with Crippen LogP contribution in [0.25, 0.3) is 11.0 Å². The molecule has 0 saturated carbocycles. The predicted octanol–water partition coefficient (Wildman–Crippen LogP) is 5.90. The molecule has 0 spiro atoms. The van der Waals surface area contributed by atoms with E-state index in [1.807, 2.05) is 48.5 Å². The molecule has 0 radical (unpaired) electrons. The van der Waals surface area contributed by atoms with Crippen molar-refractivity contribution in [2.24, 2.45) is 0 Å². The maximum Gasteiger partial charge on any atom is 0.230 e. The Morgan fingerprint density at radius 2 is 1.74 bits per heavy atom. The molecule has 4 aromatic rings. The smallest absolute Gasteiger partial charge is 0.230 e. The second kappa shape index (κ2) is 9.06. The molecule has 6 heteroatoms. The minimum Gasteiger partial charge on any atom is -0.495 e. The molecular weight excluding hydrogens is 414 g/mol. The molecular formula is C25H20ClNO4. The van der Waals surface area contributed by atoms with Gasteiger partial charge < -0.3 is 14.5 Å². The number of fused-ring (bicyclic) bond motifs is 1. The molecule has 1 N–H and O–H groups in total. The highest BCUT2D eigenvalue weighted by Crippen LogP contribution is 2.34. The second-order valence-corrected chi connectivity index (χ2v) is 7.42. The monoisotopic (exact) mass is 433 g/mol. The summed E-state index contributed by atoms with van der Waals surface area (Å²) in [6.07, 6.45) is 0.880. The van der Waals surface area contributed by atoms with Crippen LogP contribution in [0.3, 0.4) is 0 Å². The van der Waals surface area contributed by atoms with E-state index >= 15 is 0 Å². The van der Waals surface area contributed by atoms with Crippen LogP contribution in [-0.2, 0) is 11.2 Å². The Labute approximate surface area is 184 Å². The Kier molecular flexibility index (Phi) is 6.05. The SMILES string of the molecule is COc1ccc(C(=O)c2oc3ccccc3c2NC(=O)CCc2ccccc2)cc1Cl. The number of para-hydroxylation sites is 1. The number of carbonyl (C=O) groups excluding carboxylic acids is 2. The highest BCUT2D eigenvalue weighted by molar-refractivity contribution is 6.32. The fourth-order valence-corrected chi connectivity index (χ4v) is 3.63. The molecule has 0 unspecified atom stereocenters. The zero-order valence-electron chi connectivity index (χ0n) is 16.9. The first-order valence-corrected chi connectivity index (χ1v) is 10.2. The molecule has 1 aromatic heterocycles. The number of aryl methyl sites for hydroxylation is 1. The molecule has 0 aliphatic rings. The van der Waals surface area contributed by atoms with Crippen molar-refractivity contribution < 1.29 is 18.7 Å². The normalized spacial score (nSPS) is 10.8. The van der Waals surface area contributed by atoms with E-state index in [1.165, 1.54) is 13.2 Å². The number of benzene rings is 3. The summed E-state index contributed by atoms with van der Waals surface area (Å²) in [5.41, 5.74) is 2.29. The maximum atomic E-state index is 13.2. The van der Waals surface area contributed by atoms with E-state index in [2.05, 4.69) is 5.32 Å². The molecule has 0 aliphatic carbocycles. The van der Waals surface area contributed by atoms with E-state index < -0.39 is 0 Å². The number of ketones is 1. The molecule has 5 nitrogen and oxygen atoms in total. The fraction of sp³-hybridized carbons (Fsp3) is 0.120. The number of hydrogen-bond donors (Lipinski definition) is 1. The van der Waals surface area contributed by atoms with Crippen molar-refractivity contribution in [1.82, 2.24) is 0 Å². The summed E-state index contributed by atoms with van der Waals surface area (Å²) < 4.78 is 11.0. The van der Waals surface area contributed by atoms with Crippen LogP contribution in [0.15, 0.2) is 77.2 Å². The molecule has 1 amide bonds. The van der Waals surface area contributed by atoms with Crippen molar-refractivity contribution in [2.45, 2.75) is 12.8 Å². The van der Waals surface area contributed by atoms with Gasteiger partial charge in [-0.2, -0.15) is 0 Å². The molecule has 0 bridgehead atoms. The minimum atomic E-state index is -0.376. The van der Waals surface area contributed by atoms with Crippen LogP contribution in [0, 0.1) is 0 Å². The quantitative estimate of drug-likeness (QED) is 0.368. The number of nitrogens with one attached hydrogen (secondary N) is 1. The van der Waals surface area contributed by atoms with Crippen molar-refractivity contribution >= 4 is 39.9 Å². The number of rotatable bonds is 7. The van der Waals surface area contributed by atoms with Crippen molar-refractivity contribution in [2.75, 3.05) is 12.4 Å². The Morgan fingerprint density at radius 3 is 2.48 bits per heavy atom. The van der Waals surface area contributed by atoms with E-state index in [4.69, 9.17) is 20.8 Å². The first-order chi connectivity index (χ1) is 15.1. The zero-order valence-corrected chi connectivity index (χ0v) is 17.6.